The van der Waals surface area contributed by atoms with Gasteiger partial charge >= 0.3 is 24.3 Å². The molecule has 212 valence electrons. The van der Waals surface area contributed by atoms with Crippen LogP contribution in [0.3, 0.4) is 0 Å². The van der Waals surface area contributed by atoms with Crippen molar-refractivity contribution in [2.45, 2.75) is 30.9 Å². The Bertz CT molecular complexity index is 1080. The lowest BCUT2D eigenvalue weighted by atomic mass is 9.93. The first-order valence-corrected chi connectivity index (χ1v) is 10.8. The zero-order chi connectivity index (χ0) is 28.9. The number of likely N-dealkylation sites (tertiary alicyclic amines) is 1. The minimum atomic E-state index is -5.08. The summed E-state index contributed by atoms with van der Waals surface area (Å²) < 4.78 is 70.7. The first-order chi connectivity index (χ1) is 17.4. The lowest BCUT2D eigenvalue weighted by Gasteiger charge is -2.46. The average Bonchev–Trinajstić information content (AvgIpc) is 3.53. The summed E-state index contributed by atoms with van der Waals surface area (Å²) in [4.78, 5) is 36.8. The SMILES string of the molecule is CN1CC(=O)N(c2cnn(C)c2)CC12CCN(Cc1ccco1)C2.O=C(O)C(F)(F)F.O=C(O)C(F)(F)F. The highest BCUT2D eigenvalue weighted by Gasteiger charge is 2.47. The lowest BCUT2D eigenvalue weighted by Crippen LogP contribution is -2.64. The van der Waals surface area contributed by atoms with E-state index in [0.717, 1.165) is 37.5 Å². The summed E-state index contributed by atoms with van der Waals surface area (Å²) in [6.07, 6.45) is -3.72. The quantitative estimate of drug-likeness (QED) is 0.545. The van der Waals surface area contributed by atoms with Gasteiger partial charge in [-0.15, -0.1) is 0 Å². The van der Waals surface area contributed by atoms with Gasteiger partial charge in [-0.1, -0.05) is 0 Å². The first kappa shape index (κ1) is 30.6. The number of anilines is 1. The number of aromatic nitrogens is 2. The molecular weight excluding hydrogens is 532 g/mol. The molecule has 2 saturated heterocycles. The van der Waals surface area contributed by atoms with Crippen LogP contribution in [-0.2, 0) is 28.0 Å². The molecule has 2 aliphatic heterocycles. The minimum absolute atomic E-state index is 0.00363. The summed E-state index contributed by atoms with van der Waals surface area (Å²) in [5.41, 5.74) is 0.885. The van der Waals surface area contributed by atoms with Crippen molar-refractivity contribution in [1.82, 2.24) is 19.6 Å². The van der Waals surface area contributed by atoms with Crippen LogP contribution in [0, 0.1) is 0 Å². The van der Waals surface area contributed by atoms with Crippen LogP contribution in [0.25, 0.3) is 0 Å². The number of rotatable bonds is 3. The van der Waals surface area contributed by atoms with E-state index in [1.54, 1.807) is 17.1 Å². The second-order valence-corrected chi connectivity index (χ2v) is 8.58. The standard InChI is InChI=1S/C17H23N5O2.2C2HF3O2/c1-19-11-16(23)22(14-8-18-20(2)9-14)13-17(19)5-6-21(12-17)10-15-4-3-7-24-15;2*3-2(4,5)1(6)7/h3-4,7-9H,5-6,10-13H2,1-2H3;2*(H,6,7). The number of carboxylic acid groups (broad SMARTS) is 2. The Morgan fingerprint density at radius 2 is 1.66 bits per heavy atom. The second-order valence-electron chi connectivity index (χ2n) is 8.58. The van der Waals surface area contributed by atoms with Crippen LogP contribution in [0.5, 0.6) is 0 Å². The van der Waals surface area contributed by atoms with Crippen molar-refractivity contribution in [2.75, 3.05) is 38.1 Å². The zero-order valence-electron chi connectivity index (χ0n) is 20.2. The van der Waals surface area contributed by atoms with Crippen LogP contribution in [0.4, 0.5) is 32.0 Å². The van der Waals surface area contributed by atoms with E-state index in [-0.39, 0.29) is 11.4 Å². The predicted octanol–water partition coefficient (Wildman–Crippen LogP) is 2.20. The highest BCUT2D eigenvalue weighted by Crippen LogP contribution is 2.33. The predicted molar refractivity (Wildman–Crippen MR) is 117 cm³/mol. The average molecular weight is 557 g/mol. The molecule has 0 radical (unpaired) electrons. The summed E-state index contributed by atoms with van der Waals surface area (Å²) in [7, 11) is 3.94. The van der Waals surface area contributed by atoms with E-state index in [2.05, 4.69) is 21.9 Å². The number of amides is 1. The fourth-order valence-corrected chi connectivity index (χ4v) is 3.88. The smallest absolute Gasteiger partial charge is 0.475 e. The molecule has 2 aliphatic rings. The molecule has 0 bridgehead atoms. The fourth-order valence-electron chi connectivity index (χ4n) is 3.88. The summed E-state index contributed by atoms with van der Waals surface area (Å²) in [6, 6.07) is 3.94. The number of furan rings is 1. The van der Waals surface area contributed by atoms with Crippen LogP contribution in [0.15, 0.2) is 35.2 Å². The molecule has 2 aromatic heterocycles. The molecule has 0 saturated carbocycles. The monoisotopic (exact) mass is 557 g/mol. The van der Waals surface area contributed by atoms with Crippen molar-refractivity contribution < 1.29 is 55.4 Å². The molecule has 2 N–H and O–H groups in total. The molecule has 0 aromatic carbocycles. The molecule has 11 nitrogen and oxygen atoms in total. The molecule has 1 atom stereocenters. The fraction of sp³-hybridized carbons (Fsp3) is 0.524. The maximum Gasteiger partial charge on any atom is 0.490 e. The van der Waals surface area contributed by atoms with E-state index in [1.807, 2.05) is 30.3 Å². The van der Waals surface area contributed by atoms with E-state index < -0.39 is 24.3 Å². The third kappa shape index (κ3) is 8.20. The van der Waals surface area contributed by atoms with Crippen LogP contribution in [-0.4, -0.2) is 98.8 Å². The number of carboxylic acids is 2. The van der Waals surface area contributed by atoms with Gasteiger partial charge in [-0.2, -0.15) is 31.4 Å². The van der Waals surface area contributed by atoms with Gasteiger partial charge in [0.2, 0.25) is 5.91 Å². The Morgan fingerprint density at radius 3 is 2.11 bits per heavy atom. The van der Waals surface area contributed by atoms with Gasteiger partial charge in [0.05, 0.1) is 36.8 Å². The van der Waals surface area contributed by atoms with Crippen molar-refractivity contribution in [1.29, 1.82) is 0 Å². The van der Waals surface area contributed by atoms with Crippen molar-refractivity contribution in [3.8, 4) is 0 Å². The summed E-state index contributed by atoms with van der Waals surface area (Å²) >= 11 is 0. The number of piperazine rings is 1. The number of aryl methyl sites for hydroxylation is 1. The van der Waals surface area contributed by atoms with Gasteiger partial charge in [-0.05, 0) is 25.6 Å². The molecule has 0 aliphatic carbocycles. The number of alkyl halides is 6. The molecule has 1 spiro atoms. The molecule has 1 amide bonds. The summed E-state index contributed by atoms with van der Waals surface area (Å²) in [6.45, 7) is 3.93. The maximum atomic E-state index is 12.5. The van der Waals surface area contributed by atoms with Crippen LogP contribution in [0.1, 0.15) is 12.2 Å². The summed E-state index contributed by atoms with van der Waals surface area (Å²) in [5.74, 6) is -4.38. The van der Waals surface area contributed by atoms with Gasteiger partial charge in [0.15, 0.2) is 0 Å². The van der Waals surface area contributed by atoms with Gasteiger partial charge in [0, 0.05) is 32.9 Å². The van der Waals surface area contributed by atoms with Crippen LogP contribution in [0.2, 0.25) is 0 Å². The van der Waals surface area contributed by atoms with Crippen LogP contribution < -0.4 is 4.90 Å². The number of nitrogens with zero attached hydrogens (tertiary/aromatic N) is 5. The van der Waals surface area contributed by atoms with Gasteiger partial charge < -0.3 is 19.5 Å². The molecule has 2 aromatic rings. The summed E-state index contributed by atoms with van der Waals surface area (Å²) in [5, 5.41) is 18.5. The van der Waals surface area contributed by atoms with Gasteiger partial charge in [0.25, 0.3) is 0 Å². The molecule has 2 fully saturated rings. The minimum Gasteiger partial charge on any atom is -0.475 e. The molecule has 4 rings (SSSR count). The number of hydrogen-bond donors (Lipinski definition) is 2. The first-order valence-electron chi connectivity index (χ1n) is 10.8. The third-order valence-electron chi connectivity index (χ3n) is 5.79. The third-order valence-corrected chi connectivity index (χ3v) is 5.79. The Kier molecular flexibility index (Phi) is 9.55. The Labute approximate surface area is 211 Å². The molecule has 4 heterocycles. The van der Waals surface area contributed by atoms with Crippen LogP contribution >= 0.6 is 0 Å². The normalized spacial score (nSPS) is 20.5. The number of aliphatic carboxylic acids is 2. The highest BCUT2D eigenvalue weighted by atomic mass is 19.4. The Hall–Kier alpha value is -3.60. The number of hydrogen-bond acceptors (Lipinski definition) is 7. The van der Waals surface area contributed by atoms with E-state index in [9.17, 15) is 31.1 Å². The van der Waals surface area contributed by atoms with Crippen molar-refractivity contribution >= 4 is 23.5 Å². The van der Waals surface area contributed by atoms with E-state index in [1.165, 1.54) is 0 Å². The molecule has 1 unspecified atom stereocenters. The molecule has 17 heteroatoms. The van der Waals surface area contributed by atoms with Gasteiger partial charge in [0.1, 0.15) is 5.76 Å². The Morgan fingerprint density at radius 1 is 1.08 bits per heavy atom. The second kappa shape index (κ2) is 11.8. The van der Waals surface area contributed by atoms with E-state index in [0.29, 0.717) is 13.1 Å². The van der Waals surface area contributed by atoms with E-state index in [4.69, 9.17) is 24.2 Å². The Balaban J connectivity index is 0.000000301. The van der Waals surface area contributed by atoms with Gasteiger partial charge in [-0.25, -0.2) is 9.59 Å². The van der Waals surface area contributed by atoms with Gasteiger partial charge in [-0.3, -0.25) is 19.3 Å². The van der Waals surface area contributed by atoms with E-state index >= 15 is 0 Å². The molecule has 38 heavy (non-hydrogen) atoms. The number of carbonyl (C=O) groups excluding carboxylic acids is 1. The highest BCUT2D eigenvalue weighted by molar-refractivity contribution is 5.95. The van der Waals surface area contributed by atoms with Crippen molar-refractivity contribution in [3.05, 3.63) is 36.5 Å². The van der Waals surface area contributed by atoms with Crippen molar-refractivity contribution in [2.24, 2.45) is 7.05 Å². The molecular formula is C21H25F6N5O6. The maximum absolute atomic E-state index is 12.5. The number of carbonyl (C=O) groups is 3. The lowest BCUT2D eigenvalue weighted by molar-refractivity contribution is -0.193. The topological polar surface area (TPSA) is 132 Å². The largest absolute Gasteiger partial charge is 0.490 e. The number of halogens is 6. The van der Waals surface area contributed by atoms with Crippen molar-refractivity contribution in [3.63, 3.8) is 0 Å². The zero-order valence-corrected chi connectivity index (χ0v) is 20.2. The number of likely N-dealkylation sites (N-methyl/N-ethyl adjacent to an activating group) is 1.